The number of thiophene rings is 1. The lowest BCUT2D eigenvalue weighted by atomic mass is 10.2. The van der Waals surface area contributed by atoms with Crippen molar-refractivity contribution in [1.29, 1.82) is 0 Å². The van der Waals surface area contributed by atoms with Crippen LogP contribution in [0.15, 0.2) is 52.5 Å². The summed E-state index contributed by atoms with van der Waals surface area (Å²) in [7, 11) is 0. The Morgan fingerprint density at radius 1 is 1.22 bits per heavy atom. The second kappa shape index (κ2) is 5.98. The molecule has 2 N–H and O–H groups in total. The summed E-state index contributed by atoms with van der Waals surface area (Å²) >= 11 is 3.09. The highest BCUT2D eigenvalue weighted by molar-refractivity contribution is 7.13. The number of aromatic amines is 1. The van der Waals surface area contributed by atoms with E-state index in [0.29, 0.717) is 12.2 Å². The van der Waals surface area contributed by atoms with E-state index in [0.717, 1.165) is 27.2 Å². The molecule has 4 rings (SSSR count). The maximum atomic E-state index is 12.2. The van der Waals surface area contributed by atoms with Crippen molar-refractivity contribution >= 4 is 39.5 Å². The van der Waals surface area contributed by atoms with Gasteiger partial charge in [-0.3, -0.25) is 4.79 Å². The number of rotatable bonds is 4. The highest BCUT2D eigenvalue weighted by atomic mass is 32.1. The van der Waals surface area contributed by atoms with Gasteiger partial charge in [-0.1, -0.05) is 18.2 Å². The number of hydrogen-bond acceptors (Lipinski definition) is 4. The second-order valence-electron chi connectivity index (χ2n) is 5.12. The molecule has 0 aliphatic carbocycles. The number of amides is 1. The molecular formula is C17H13N3OS2. The number of carbonyl (C=O) groups is 1. The molecule has 23 heavy (non-hydrogen) atoms. The Balaban J connectivity index is 1.52. The number of nitrogens with zero attached hydrogens (tertiary/aromatic N) is 1. The van der Waals surface area contributed by atoms with Gasteiger partial charge in [0, 0.05) is 22.8 Å². The Labute approximate surface area is 140 Å². The number of para-hydroxylation sites is 1. The molecule has 0 bridgehead atoms. The third-order valence-electron chi connectivity index (χ3n) is 3.53. The van der Waals surface area contributed by atoms with Gasteiger partial charge in [0.15, 0.2) is 0 Å². The fourth-order valence-electron chi connectivity index (χ4n) is 2.36. The summed E-state index contributed by atoms with van der Waals surface area (Å²) in [5.74, 6) is -0.144. The third kappa shape index (κ3) is 2.91. The number of hydrogen-bond donors (Lipinski definition) is 2. The van der Waals surface area contributed by atoms with Gasteiger partial charge >= 0.3 is 0 Å². The van der Waals surface area contributed by atoms with Crippen LogP contribution < -0.4 is 5.32 Å². The highest BCUT2D eigenvalue weighted by Gasteiger charge is 2.13. The van der Waals surface area contributed by atoms with Crippen LogP contribution in [0.5, 0.6) is 0 Å². The lowest BCUT2D eigenvalue weighted by Gasteiger charge is -2.00. The lowest BCUT2D eigenvalue weighted by Crippen LogP contribution is -2.22. The molecule has 0 aliphatic heterocycles. The van der Waals surface area contributed by atoms with Crippen molar-refractivity contribution in [2.75, 3.05) is 0 Å². The van der Waals surface area contributed by atoms with Gasteiger partial charge in [-0.2, -0.15) is 11.3 Å². The Hall–Kier alpha value is -2.44. The van der Waals surface area contributed by atoms with Crippen LogP contribution in [0.2, 0.25) is 0 Å². The maximum absolute atomic E-state index is 12.2. The van der Waals surface area contributed by atoms with Crippen LogP contribution in [0.3, 0.4) is 0 Å². The van der Waals surface area contributed by atoms with Crippen LogP contribution >= 0.6 is 22.7 Å². The molecule has 6 heteroatoms. The zero-order valence-corrected chi connectivity index (χ0v) is 13.7. The molecule has 0 radical (unpaired) electrons. The van der Waals surface area contributed by atoms with Crippen molar-refractivity contribution in [2.45, 2.75) is 6.54 Å². The second-order valence-corrected chi connectivity index (χ2v) is 6.76. The monoisotopic (exact) mass is 339 g/mol. The quantitative estimate of drug-likeness (QED) is 0.583. The summed E-state index contributed by atoms with van der Waals surface area (Å²) in [6.45, 7) is 0.529. The third-order valence-corrected chi connectivity index (χ3v) is 5.14. The van der Waals surface area contributed by atoms with Gasteiger partial charge in [0.25, 0.3) is 5.91 Å². The van der Waals surface area contributed by atoms with Crippen molar-refractivity contribution in [3.05, 3.63) is 63.8 Å². The minimum Gasteiger partial charge on any atom is -0.353 e. The number of benzene rings is 1. The Morgan fingerprint density at radius 3 is 2.96 bits per heavy atom. The number of carbonyl (C=O) groups excluding carboxylic acids is 1. The van der Waals surface area contributed by atoms with Gasteiger partial charge in [0.1, 0.15) is 10.7 Å². The van der Waals surface area contributed by atoms with E-state index in [-0.39, 0.29) is 5.91 Å². The maximum Gasteiger partial charge on any atom is 0.271 e. The zero-order chi connectivity index (χ0) is 15.6. The predicted molar refractivity (Wildman–Crippen MR) is 94.9 cm³/mol. The Kier molecular flexibility index (Phi) is 3.69. The van der Waals surface area contributed by atoms with E-state index in [1.165, 1.54) is 11.3 Å². The van der Waals surface area contributed by atoms with E-state index in [1.54, 1.807) is 16.7 Å². The molecule has 1 amide bonds. The van der Waals surface area contributed by atoms with E-state index in [1.807, 2.05) is 35.0 Å². The van der Waals surface area contributed by atoms with Gasteiger partial charge in [-0.05, 0) is 34.5 Å². The first kappa shape index (κ1) is 14.2. The minimum absolute atomic E-state index is 0.144. The average molecular weight is 339 g/mol. The highest BCUT2D eigenvalue weighted by Crippen LogP contribution is 2.26. The number of fused-ring (bicyclic) bond motifs is 1. The molecule has 3 heterocycles. The van der Waals surface area contributed by atoms with E-state index < -0.39 is 0 Å². The molecule has 0 spiro atoms. The van der Waals surface area contributed by atoms with Crippen molar-refractivity contribution in [2.24, 2.45) is 0 Å². The molecule has 0 saturated carbocycles. The first-order valence-corrected chi connectivity index (χ1v) is 8.95. The Bertz CT molecular complexity index is 920. The molecule has 0 aliphatic rings. The van der Waals surface area contributed by atoms with Crippen molar-refractivity contribution < 1.29 is 4.79 Å². The average Bonchev–Trinajstić information content (AvgIpc) is 3.31. The molecular weight excluding hydrogens is 326 g/mol. The van der Waals surface area contributed by atoms with E-state index in [9.17, 15) is 4.79 Å². The largest absolute Gasteiger partial charge is 0.353 e. The topological polar surface area (TPSA) is 57.8 Å². The molecule has 0 fully saturated rings. The summed E-state index contributed by atoms with van der Waals surface area (Å²) in [6.07, 6.45) is 0. The molecule has 114 valence electrons. The lowest BCUT2D eigenvalue weighted by molar-refractivity contribution is 0.0946. The zero-order valence-electron chi connectivity index (χ0n) is 12.1. The van der Waals surface area contributed by atoms with E-state index >= 15 is 0 Å². The van der Waals surface area contributed by atoms with Gasteiger partial charge < -0.3 is 10.3 Å². The van der Waals surface area contributed by atoms with E-state index in [2.05, 4.69) is 27.4 Å². The van der Waals surface area contributed by atoms with Crippen molar-refractivity contribution in [1.82, 2.24) is 15.3 Å². The first-order valence-electron chi connectivity index (χ1n) is 7.12. The number of aromatic nitrogens is 2. The summed E-state index contributed by atoms with van der Waals surface area (Å²) in [4.78, 5) is 20.0. The van der Waals surface area contributed by atoms with Crippen LogP contribution in [0, 0.1) is 0 Å². The van der Waals surface area contributed by atoms with Gasteiger partial charge in [-0.15, -0.1) is 11.3 Å². The van der Waals surface area contributed by atoms with E-state index in [4.69, 9.17) is 0 Å². The molecule has 4 aromatic rings. The molecule has 3 aromatic heterocycles. The molecule has 0 atom stereocenters. The van der Waals surface area contributed by atoms with Gasteiger partial charge in [-0.25, -0.2) is 4.98 Å². The molecule has 0 unspecified atom stereocenters. The van der Waals surface area contributed by atoms with Crippen LogP contribution in [0.4, 0.5) is 0 Å². The summed E-state index contributed by atoms with van der Waals surface area (Å²) in [6, 6.07) is 12.1. The van der Waals surface area contributed by atoms with Gasteiger partial charge in [0.2, 0.25) is 0 Å². The molecule has 0 saturated heterocycles. The minimum atomic E-state index is -0.144. The molecule has 4 nitrogen and oxygen atoms in total. The predicted octanol–water partition coefficient (Wildman–Crippen LogP) is 4.28. The van der Waals surface area contributed by atoms with Crippen molar-refractivity contribution in [3.63, 3.8) is 0 Å². The Morgan fingerprint density at radius 2 is 2.13 bits per heavy atom. The van der Waals surface area contributed by atoms with Crippen LogP contribution in [-0.2, 0) is 6.54 Å². The van der Waals surface area contributed by atoms with Gasteiger partial charge in [0.05, 0.1) is 5.69 Å². The van der Waals surface area contributed by atoms with Crippen molar-refractivity contribution in [3.8, 4) is 10.7 Å². The number of H-pyrrole nitrogens is 1. The summed E-state index contributed by atoms with van der Waals surface area (Å²) in [5, 5.41) is 10.7. The first-order chi connectivity index (χ1) is 11.3. The van der Waals surface area contributed by atoms with Crippen LogP contribution in [0.1, 0.15) is 16.1 Å². The van der Waals surface area contributed by atoms with Crippen LogP contribution in [0.25, 0.3) is 21.6 Å². The molecule has 1 aromatic carbocycles. The fourth-order valence-corrected chi connectivity index (χ4v) is 3.80. The number of thiazole rings is 1. The smallest absolute Gasteiger partial charge is 0.271 e. The fraction of sp³-hybridized carbons (Fsp3) is 0.0588. The summed E-state index contributed by atoms with van der Waals surface area (Å²) < 4.78 is 0. The summed E-state index contributed by atoms with van der Waals surface area (Å²) in [5.41, 5.74) is 3.57. The normalized spacial score (nSPS) is 11.0. The standard InChI is InChI=1S/C17H13N3OS2/c21-16(18-8-11-5-6-22-9-11)15-10-23-17(20-15)14-7-12-3-1-2-4-13(12)19-14/h1-7,9-10,19H,8H2,(H,18,21). The SMILES string of the molecule is O=C(NCc1ccsc1)c1csc(-c2cc3ccccc3[nH]2)n1. The van der Waals surface area contributed by atoms with Crippen LogP contribution in [-0.4, -0.2) is 15.9 Å². The number of nitrogens with one attached hydrogen (secondary N) is 2.